The minimum Gasteiger partial charge on any atom is -0.465 e. The predicted molar refractivity (Wildman–Crippen MR) is 88.3 cm³/mol. The van der Waals surface area contributed by atoms with E-state index in [1.165, 1.54) is 23.4 Å². The lowest BCUT2D eigenvalue weighted by Crippen LogP contribution is -2.38. The van der Waals surface area contributed by atoms with Gasteiger partial charge in [0.05, 0.1) is 18.2 Å². The van der Waals surface area contributed by atoms with Crippen molar-refractivity contribution in [3.63, 3.8) is 0 Å². The molecule has 1 aliphatic rings. The first kappa shape index (κ1) is 14.4. The number of nitrogens with zero attached hydrogens (tertiary/aromatic N) is 1. The summed E-state index contributed by atoms with van der Waals surface area (Å²) in [6, 6.07) is 14.8. The summed E-state index contributed by atoms with van der Waals surface area (Å²) < 4.78 is 4.78. The van der Waals surface area contributed by atoms with Crippen LogP contribution in [0.25, 0.3) is 10.8 Å². The molecule has 2 aromatic rings. The molecular formula is C19H19NO2. The van der Waals surface area contributed by atoms with E-state index in [0.717, 1.165) is 0 Å². The summed E-state index contributed by atoms with van der Waals surface area (Å²) in [6.45, 7) is 2.14. The van der Waals surface area contributed by atoms with Gasteiger partial charge >= 0.3 is 5.97 Å². The Kier molecular flexibility index (Phi) is 3.49. The highest BCUT2D eigenvalue weighted by Gasteiger charge is 2.31. The molecule has 0 amide bonds. The molecule has 0 aromatic heterocycles. The zero-order chi connectivity index (χ0) is 15.7. The lowest BCUT2D eigenvalue weighted by Gasteiger charge is -2.39. The first-order valence-corrected chi connectivity index (χ1v) is 7.26. The monoisotopic (exact) mass is 293 g/mol. The van der Waals surface area contributed by atoms with E-state index >= 15 is 0 Å². The number of carbonyl (C=O) groups excluding carboxylic acids is 1. The third kappa shape index (κ3) is 2.29. The van der Waals surface area contributed by atoms with Crippen molar-refractivity contribution in [2.45, 2.75) is 12.5 Å². The topological polar surface area (TPSA) is 29.5 Å². The molecule has 0 aliphatic carbocycles. The molecule has 0 radical (unpaired) electrons. The Morgan fingerprint density at radius 1 is 1.14 bits per heavy atom. The van der Waals surface area contributed by atoms with Crippen LogP contribution in [0.3, 0.4) is 0 Å². The van der Waals surface area contributed by atoms with Gasteiger partial charge in [-0.25, -0.2) is 4.79 Å². The number of methoxy groups -OCH3 is 1. The van der Waals surface area contributed by atoms with Crippen molar-refractivity contribution in [2.75, 3.05) is 14.2 Å². The number of likely N-dealkylation sites (N-methyl/N-ethyl adjacent to an activating group) is 1. The van der Waals surface area contributed by atoms with Crippen LogP contribution in [0.15, 0.2) is 66.4 Å². The molecule has 0 N–H and O–H groups in total. The highest BCUT2D eigenvalue weighted by molar-refractivity contribution is 5.91. The number of hydrogen-bond acceptors (Lipinski definition) is 3. The van der Waals surface area contributed by atoms with Gasteiger partial charge in [-0.2, -0.15) is 0 Å². The molecule has 0 bridgehead atoms. The number of benzene rings is 2. The number of hydrogen-bond donors (Lipinski definition) is 0. The van der Waals surface area contributed by atoms with Crippen molar-refractivity contribution in [1.29, 1.82) is 0 Å². The summed E-state index contributed by atoms with van der Waals surface area (Å²) in [5, 5.41) is 2.44. The molecule has 22 heavy (non-hydrogen) atoms. The van der Waals surface area contributed by atoms with Crippen LogP contribution in [-0.2, 0) is 15.1 Å². The Morgan fingerprint density at radius 2 is 1.86 bits per heavy atom. The summed E-state index contributed by atoms with van der Waals surface area (Å²) in [5.74, 6) is -0.316. The third-order valence-electron chi connectivity index (χ3n) is 4.41. The van der Waals surface area contributed by atoms with Gasteiger partial charge in [0.2, 0.25) is 0 Å². The van der Waals surface area contributed by atoms with Crippen LogP contribution in [0.5, 0.6) is 0 Å². The molecule has 2 aromatic carbocycles. The Hall–Kier alpha value is -2.55. The maximum Gasteiger partial charge on any atom is 0.339 e. The Balaban J connectivity index is 2.01. The lowest BCUT2D eigenvalue weighted by atomic mass is 9.86. The number of rotatable bonds is 2. The SMILES string of the molecule is COC(=O)C1=CN(C)[C@@](C)(c2ccc3ccccc3c2)C=C1. The van der Waals surface area contributed by atoms with E-state index in [9.17, 15) is 4.79 Å². The lowest BCUT2D eigenvalue weighted by molar-refractivity contribution is -0.135. The Bertz CT molecular complexity index is 791. The van der Waals surface area contributed by atoms with E-state index in [1.807, 2.05) is 42.4 Å². The summed E-state index contributed by atoms with van der Waals surface area (Å²) in [5.41, 5.74) is 1.45. The second kappa shape index (κ2) is 5.34. The van der Waals surface area contributed by atoms with Gasteiger partial charge in [-0.3, -0.25) is 0 Å². The van der Waals surface area contributed by atoms with Gasteiger partial charge in [0, 0.05) is 13.2 Å². The largest absolute Gasteiger partial charge is 0.465 e. The summed E-state index contributed by atoms with van der Waals surface area (Å²) in [7, 11) is 3.37. The highest BCUT2D eigenvalue weighted by Crippen LogP contribution is 2.34. The van der Waals surface area contributed by atoms with Crippen LogP contribution in [0.4, 0.5) is 0 Å². The van der Waals surface area contributed by atoms with Crippen LogP contribution in [0.2, 0.25) is 0 Å². The molecule has 3 rings (SSSR count). The van der Waals surface area contributed by atoms with E-state index in [2.05, 4.69) is 37.3 Å². The number of carbonyl (C=O) groups is 1. The van der Waals surface area contributed by atoms with E-state index in [1.54, 1.807) is 0 Å². The minimum atomic E-state index is -0.316. The summed E-state index contributed by atoms with van der Waals surface area (Å²) >= 11 is 0. The molecule has 0 saturated heterocycles. The summed E-state index contributed by atoms with van der Waals surface area (Å²) in [4.78, 5) is 13.7. The van der Waals surface area contributed by atoms with Crippen LogP contribution in [0.1, 0.15) is 12.5 Å². The molecule has 3 heteroatoms. The zero-order valence-electron chi connectivity index (χ0n) is 13.0. The van der Waals surface area contributed by atoms with Gasteiger partial charge in [-0.15, -0.1) is 0 Å². The molecule has 1 aliphatic heterocycles. The molecule has 1 heterocycles. The van der Waals surface area contributed by atoms with Gasteiger partial charge in [-0.05, 0) is 35.4 Å². The number of ether oxygens (including phenoxy) is 1. The normalized spacial score (nSPS) is 20.9. The Labute approximate surface area is 130 Å². The predicted octanol–water partition coefficient (Wildman–Crippen LogP) is 3.61. The van der Waals surface area contributed by atoms with E-state index in [0.29, 0.717) is 5.57 Å². The van der Waals surface area contributed by atoms with Crippen molar-refractivity contribution in [1.82, 2.24) is 4.90 Å². The van der Waals surface area contributed by atoms with Crippen LogP contribution >= 0.6 is 0 Å². The molecule has 112 valence electrons. The molecule has 0 saturated carbocycles. The van der Waals surface area contributed by atoms with Gasteiger partial charge in [0.1, 0.15) is 0 Å². The number of fused-ring (bicyclic) bond motifs is 1. The first-order valence-electron chi connectivity index (χ1n) is 7.26. The molecule has 3 nitrogen and oxygen atoms in total. The molecular weight excluding hydrogens is 274 g/mol. The van der Waals surface area contributed by atoms with Crippen molar-refractivity contribution in [3.8, 4) is 0 Å². The van der Waals surface area contributed by atoms with Crippen LogP contribution < -0.4 is 0 Å². The second-order valence-electron chi connectivity index (χ2n) is 5.73. The van der Waals surface area contributed by atoms with Gasteiger partial charge in [-0.1, -0.05) is 42.5 Å². The van der Waals surface area contributed by atoms with Crippen molar-refractivity contribution in [3.05, 3.63) is 72.0 Å². The fraction of sp³-hybridized carbons (Fsp3) is 0.211. The average molecular weight is 293 g/mol. The minimum absolute atomic E-state index is 0.290. The quantitative estimate of drug-likeness (QED) is 0.792. The van der Waals surface area contributed by atoms with Gasteiger partial charge in [0.15, 0.2) is 0 Å². The van der Waals surface area contributed by atoms with Crippen LogP contribution in [0, 0.1) is 0 Å². The molecule has 0 fully saturated rings. The average Bonchev–Trinajstić information content (AvgIpc) is 2.56. The number of esters is 1. The molecule has 0 unspecified atom stereocenters. The molecule has 1 atom stereocenters. The standard InChI is InChI=1S/C19H19NO2/c1-19(11-10-16(13-20(19)2)18(21)22-3)17-9-8-14-6-4-5-7-15(14)12-17/h4-13H,1-3H3/t19-/m1/s1. The summed E-state index contributed by atoms with van der Waals surface area (Å²) in [6.07, 6.45) is 5.71. The van der Waals surface area contributed by atoms with Crippen molar-refractivity contribution in [2.24, 2.45) is 0 Å². The van der Waals surface area contributed by atoms with Crippen molar-refractivity contribution >= 4 is 16.7 Å². The third-order valence-corrected chi connectivity index (χ3v) is 4.41. The Morgan fingerprint density at radius 3 is 2.55 bits per heavy atom. The first-order chi connectivity index (χ1) is 10.5. The fourth-order valence-corrected chi connectivity index (χ4v) is 2.80. The smallest absolute Gasteiger partial charge is 0.339 e. The molecule has 0 spiro atoms. The van der Waals surface area contributed by atoms with E-state index in [4.69, 9.17) is 4.74 Å². The zero-order valence-corrected chi connectivity index (χ0v) is 13.0. The van der Waals surface area contributed by atoms with Gasteiger partial charge < -0.3 is 9.64 Å². The van der Waals surface area contributed by atoms with Crippen LogP contribution in [-0.4, -0.2) is 25.0 Å². The fourth-order valence-electron chi connectivity index (χ4n) is 2.80. The second-order valence-corrected chi connectivity index (χ2v) is 5.73. The maximum absolute atomic E-state index is 11.7. The van der Waals surface area contributed by atoms with Gasteiger partial charge in [0.25, 0.3) is 0 Å². The van der Waals surface area contributed by atoms with E-state index in [-0.39, 0.29) is 11.5 Å². The highest BCUT2D eigenvalue weighted by atomic mass is 16.5. The maximum atomic E-state index is 11.7. The van der Waals surface area contributed by atoms with E-state index < -0.39 is 0 Å². The van der Waals surface area contributed by atoms with Crippen molar-refractivity contribution < 1.29 is 9.53 Å².